The highest BCUT2D eigenvalue weighted by Gasteiger charge is 2.27. The molecule has 0 saturated carbocycles. The van der Waals surface area contributed by atoms with Crippen LogP contribution >= 0.6 is 11.6 Å². The first-order chi connectivity index (χ1) is 22.1. The zero-order valence-corrected chi connectivity index (χ0v) is 26.5. The molecule has 0 spiro atoms. The van der Waals surface area contributed by atoms with Crippen molar-refractivity contribution in [3.05, 3.63) is 40.7 Å². The van der Waals surface area contributed by atoms with Crippen LogP contribution in [0, 0.1) is 5.82 Å². The normalized spacial score (nSPS) is 13.5. The third-order valence-electron chi connectivity index (χ3n) is 7.06. The van der Waals surface area contributed by atoms with Gasteiger partial charge in [0.2, 0.25) is 17.7 Å². The van der Waals surface area contributed by atoms with Crippen molar-refractivity contribution in [2.45, 2.75) is 57.5 Å². The van der Waals surface area contributed by atoms with Gasteiger partial charge in [0.25, 0.3) is 17.7 Å². The molecule has 8 amide bonds. The number of imide groups is 1. The molecule has 256 valence electrons. The summed E-state index contributed by atoms with van der Waals surface area (Å²) < 4.78 is 15.0. The van der Waals surface area contributed by atoms with E-state index in [-0.39, 0.29) is 54.8 Å². The number of nitrogens with zero attached hydrogens (tertiary/aromatic N) is 2. The molecule has 47 heavy (non-hydrogen) atoms. The molecule has 0 fully saturated rings. The number of primary amides is 1. The summed E-state index contributed by atoms with van der Waals surface area (Å²) in [5, 5.41) is 18.4. The van der Waals surface area contributed by atoms with Crippen molar-refractivity contribution in [2.24, 2.45) is 5.73 Å². The number of rotatable bonds is 18. The Morgan fingerprint density at radius 3 is 2.28 bits per heavy atom. The van der Waals surface area contributed by atoms with Crippen molar-refractivity contribution in [1.29, 1.82) is 0 Å². The summed E-state index contributed by atoms with van der Waals surface area (Å²) in [6, 6.07) is -1.59. The van der Waals surface area contributed by atoms with E-state index in [1.54, 1.807) is 0 Å². The summed E-state index contributed by atoms with van der Waals surface area (Å²) in [6.45, 7) is 1.06. The lowest BCUT2D eigenvalue weighted by atomic mass is 10.1. The number of halogens is 2. The molecule has 2 atom stereocenters. The molecule has 1 aromatic carbocycles. The first-order valence-electron chi connectivity index (χ1n) is 14.5. The van der Waals surface area contributed by atoms with Gasteiger partial charge in [0.05, 0.1) is 22.8 Å². The quantitative estimate of drug-likeness (QED) is 0.0933. The molecule has 0 saturated heterocycles. The first-order valence-corrected chi connectivity index (χ1v) is 14.9. The number of likely N-dealkylation sites (N-methyl/N-ethyl adjacent to an activating group) is 1. The van der Waals surface area contributed by atoms with Gasteiger partial charge in [-0.1, -0.05) is 18.0 Å². The van der Waals surface area contributed by atoms with Crippen LogP contribution in [0.3, 0.4) is 0 Å². The highest BCUT2D eigenvalue weighted by Crippen LogP contribution is 2.26. The lowest BCUT2D eigenvalue weighted by Gasteiger charge is -2.22. The molecule has 0 aliphatic carbocycles. The predicted molar refractivity (Wildman–Crippen MR) is 165 cm³/mol. The van der Waals surface area contributed by atoms with Crippen LogP contribution in [0.4, 0.5) is 14.9 Å². The van der Waals surface area contributed by atoms with Gasteiger partial charge in [-0.15, -0.1) is 0 Å². The molecular weight excluding hydrogens is 645 g/mol. The second-order valence-electron chi connectivity index (χ2n) is 10.5. The van der Waals surface area contributed by atoms with E-state index < -0.39 is 65.8 Å². The van der Waals surface area contributed by atoms with E-state index in [1.807, 2.05) is 0 Å². The van der Waals surface area contributed by atoms with Crippen molar-refractivity contribution in [3.8, 4) is 0 Å². The van der Waals surface area contributed by atoms with Crippen LogP contribution in [0.5, 0.6) is 0 Å². The Bertz CT molecular complexity index is 1420. The molecule has 1 unspecified atom stereocenters. The monoisotopic (exact) mass is 681 g/mol. The molecule has 7 N–H and O–H groups in total. The van der Waals surface area contributed by atoms with Crippen molar-refractivity contribution >= 4 is 64.7 Å². The number of benzene rings is 1. The molecule has 0 bridgehead atoms. The number of nitrogens with two attached hydrogens (primary N) is 1. The number of unbranched alkanes of at least 4 members (excludes halogenated alkanes) is 2. The third kappa shape index (κ3) is 12.0. The highest BCUT2D eigenvalue weighted by atomic mass is 35.5. The summed E-state index contributed by atoms with van der Waals surface area (Å²) >= 11 is 6.16. The van der Waals surface area contributed by atoms with Gasteiger partial charge in [-0.25, -0.2) is 14.0 Å². The van der Waals surface area contributed by atoms with Crippen LogP contribution in [0.25, 0.3) is 0 Å². The summed E-state index contributed by atoms with van der Waals surface area (Å²) in [4.78, 5) is 97.8. The van der Waals surface area contributed by atoms with E-state index in [9.17, 15) is 42.7 Å². The number of aliphatic carboxylic acids is 1. The van der Waals surface area contributed by atoms with Crippen LogP contribution < -0.4 is 27.0 Å². The fourth-order valence-electron chi connectivity index (χ4n) is 4.24. The number of amides is 8. The number of urea groups is 1. The zero-order valence-electron chi connectivity index (χ0n) is 25.8. The summed E-state index contributed by atoms with van der Waals surface area (Å²) in [6.07, 6.45) is 4.06. The second kappa shape index (κ2) is 18.2. The number of hydrogen-bond acceptors (Lipinski definition) is 8. The maximum Gasteiger partial charge on any atom is 0.326 e. The Morgan fingerprint density at radius 2 is 1.66 bits per heavy atom. The van der Waals surface area contributed by atoms with Crippen LogP contribution in [0.15, 0.2) is 24.3 Å². The second-order valence-corrected chi connectivity index (χ2v) is 10.9. The number of anilines is 1. The topological polar surface area (TPSA) is 237 Å². The largest absolute Gasteiger partial charge is 0.480 e. The number of carbonyl (C=O) groups is 8. The van der Waals surface area contributed by atoms with Crippen LogP contribution in [0.1, 0.15) is 55.8 Å². The van der Waals surface area contributed by atoms with Gasteiger partial charge in [0, 0.05) is 38.7 Å². The van der Waals surface area contributed by atoms with Gasteiger partial charge < -0.3 is 37.0 Å². The molecule has 18 heteroatoms. The predicted octanol–water partition coefficient (Wildman–Crippen LogP) is 0.498. The van der Waals surface area contributed by atoms with Crippen molar-refractivity contribution in [1.82, 2.24) is 25.8 Å². The lowest BCUT2D eigenvalue weighted by molar-refractivity contribution is -0.141. The average molecular weight is 682 g/mol. The zero-order chi connectivity index (χ0) is 35.3. The van der Waals surface area contributed by atoms with E-state index >= 15 is 0 Å². The summed E-state index contributed by atoms with van der Waals surface area (Å²) in [5.41, 5.74) is 4.27. The number of carbonyl (C=O) groups excluding carboxylic acids is 7. The van der Waals surface area contributed by atoms with Crippen molar-refractivity contribution in [3.63, 3.8) is 0 Å². The van der Waals surface area contributed by atoms with Crippen molar-refractivity contribution < 1.29 is 47.9 Å². The average Bonchev–Trinajstić information content (AvgIpc) is 3.33. The molecular formula is C29H37ClFN7O9. The van der Waals surface area contributed by atoms with Gasteiger partial charge in [-0.05, 0) is 44.7 Å². The number of carboxylic acid groups (broad SMARTS) is 1. The van der Waals surface area contributed by atoms with E-state index in [0.717, 1.165) is 21.9 Å². The van der Waals surface area contributed by atoms with Crippen LogP contribution in [0.2, 0.25) is 5.02 Å². The van der Waals surface area contributed by atoms with Crippen LogP contribution in [-0.4, -0.2) is 101 Å². The fraction of sp³-hybridized carbons (Fsp3) is 0.448. The van der Waals surface area contributed by atoms with Gasteiger partial charge in [-0.3, -0.25) is 33.7 Å². The third-order valence-corrected chi connectivity index (χ3v) is 7.37. The fourth-order valence-corrected chi connectivity index (χ4v) is 4.49. The van der Waals surface area contributed by atoms with Gasteiger partial charge in [-0.2, -0.15) is 0 Å². The SMILES string of the molecule is C[C@@H](C(=O)O)N(C)C(=O)c1cc(F)c(NC(=O)C(CCCNC(N)=O)NC(=O)CNC(=O)CCCCCN2C(=O)C=CC2=O)cc1Cl. The standard InChI is InChI=1S/C29H37ClFN7O9/c1-16(28(45)46)37(2)27(44)17-13-19(31)21(14-18(17)30)36-26(43)20(7-6-11-33-29(32)47)35-23(40)15-34-22(39)8-4-3-5-12-38-24(41)9-10-25(38)42/h9-10,13-14,16,20H,3-8,11-12,15H2,1-2H3,(H,34,39)(H,35,40)(H,36,43)(H,45,46)(H3,32,33,47)/t16-,20?/m0/s1. The smallest absolute Gasteiger partial charge is 0.326 e. The molecule has 1 heterocycles. The maximum absolute atomic E-state index is 15.0. The summed E-state index contributed by atoms with van der Waals surface area (Å²) in [5.74, 6) is -6.06. The Kier molecular flexibility index (Phi) is 14.7. The van der Waals surface area contributed by atoms with E-state index in [2.05, 4.69) is 21.3 Å². The number of carboxylic acids is 1. The lowest BCUT2D eigenvalue weighted by Crippen LogP contribution is -2.47. The minimum atomic E-state index is -1.29. The molecule has 1 aliphatic rings. The number of nitrogens with one attached hydrogen (secondary N) is 4. The Balaban J connectivity index is 1.96. The molecule has 2 rings (SSSR count). The summed E-state index contributed by atoms with van der Waals surface area (Å²) in [7, 11) is 1.20. The Labute approximate surface area is 274 Å². The molecule has 1 aromatic rings. The van der Waals surface area contributed by atoms with E-state index in [4.69, 9.17) is 22.4 Å². The minimum absolute atomic E-state index is 0.0346. The maximum atomic E-state index is 15.0. The van der Waals surface area contributed by atoms with Crippen molar-refractivity contribution in [2.75, 3.05) is 32.0 Å². The Hall–Kier alpha value is -5.06. The van der Waals surface area contributed by atoms with E-state index in [1.165, 1.54) is 26.1 Å². The van der Waals surface area contributed by atoms with Gasteiger partial charge in [0.15, 0.2) is 0 Å². The van der Waals surface area contributed by atoms with Crippen LogP contribution in [-0.2, 0) is 28.8 Å². The Morgan fingerprint density at radius 1 is 1.00 bits per heavy atom. The van der Waals surface area contributed by atoms with Gasteiger partial charge in [0.1, 0.15) is 17.9 Å². The molecule has 0 radical (unpaired) electrons. The minimum Gasteiger partial charge on any atom is -0.480 e. The van der Waals surface area contributed by atoms with E-state index in [0.29, 0.717) is 19.3 Å². The first kappa shape index (κ1) is 38.1. The molecule has 16 nitrogen and oxygen atoms in total. The highest BCUT2D eigenvalue weighted by molar-refractivity contribution is 6.34. The molecule has 1 aliphatic heterocycles. The number of hydrogen-bond donors (Lipinski definition) is 6. The van der Waals surface area contributed by atoms with Gasteiger partial charge >= 0.3 is 12.0 Å². The molecule has 0 aromatic heterocycles.